The summed E-state index contributed by atoms with van der Waals surface area (Å²) in [5.74, 6) is -1.00. The number of rotatable bonds is 6. The van der Waals surface area contributed by atoms with Gasteiger partial charge in [-0.3, -0.25) is 4.79 Å². The summed E-state index contributed by atoms with van der Waals surface area (Å²) in [7, 11) is -3.34. The van der Waals surface area contributed by atoms with E-state index in [1.165, 1.54) is 12.1 Å². The topological polar surface area (TPSA) is 98.5 Å². The molecule has 3 N–H and O–H groups in total. The van der Waals surface area contributed by atoms with Crippen LogP contribution in [0.2, 0.25) is 0 Å². The Balaban J connectivity index is 2.02. The second-order valence-corrected chi connectivity index (χ2v) is 6.89. The lowest BCUT2D eigenvalue weighted by Crippen LogP contribution is -2.32. The third kappa shape index (κ3) is 3.99. The number of carbonyl (C=O) groups is 1. The molecule has 0 radical (unpaired) electrons. The summed E-state index contributed by atoms with van der Waals surface area (Å²) in [6.45, 7) is 0.511. The summed E-state index contributed by atoms with van der Waals surface area (Å²) in [6, 6.07) is 3.44. The van der Waals surface area contributed by atoms with Crippen LogP contribution in [0, 0.1) is 5.82 Å². The Labute approximate surface area is 122 Å². The Morgan fingerprint density at radius 2 is 2.24 bits per heavy atom. The number of sulfone groups is 1. The molecule has 1 unspecified atom stereocenters. The van der Waals surface area contributed by atoms with Crippen molar-refractivity contribution in [2.24, 2.45) is 5.73 Å². The number of amides is 1. The molecule has 1 aromatic carbocycles. The van der Waals surface area contributed by atoms with E-state index in [4.69, 9.17) is 10.5 Å². The molecule has 0 saturated carbocycles. The zero-order chi connectivity index (χ0) is 15.5. The summed E-state index contributed by atoms with van der Waals surface area (Å²) in [6.07, 6.45) is 0.370. The number of fused-ring (bicyclic) bond motifs is 1. The maximum Gasteiger partial charge on any atom is 0.243 e. The van der Waals surface area contributed by atoms with Crippen LogP contribution in [-0.4, -0.2) is 39.8 Å². The molecule has 1 amide bonds. The van der Waals surface area contributed by atoms with Gasteiger partial charge in [0.25, 0.3) is 0 Å². The van der Waals surface area contributed by atoms with E-state index in [2.05, 4.69) is 5.32 Å². The highest BCUT2D eigenvalue weighted by Crippen LogP contribution is 2.32. The predicted octanol–water partition coefficient (Wildman–Crippen LogP) is 0.136. The average molecular weight is 316 g/mol. The van der Waals surface area contributed by atoms with Gasteiger partial charge in [0, 0.05) is 12.6 Å². The summed E-state index contributed by atoms with van der Waals surface area (Å²) in [4.78, 5) is 10.7. The van der Waals surface area contributed by atoms with Crippen molar-refractivity contribution in [1.82, 2.24) is 5.32 Å². The van der Waals surface area contributed by atoms with Crippen LogP contribution in [0.3, 0.4) is 0 Å². The van der Waals surface area contributed by atoms with Crippen LogP contribution in [0.4, 0.5) is 4.39 Å². The number of hydrogen-bond donors (Lipinski definition) is 2. The number of halogens is 1. The first kappa shape index (κ1) is 15.9. The van der Waals surface area contributed by atoms with Crippen molar-refractivity contribution in [3.05, 3.63) is 29.6 Å². The van der Waals surface area contributed by atoms with Gasteiger partial charge in [-0.2, -0.15) is 0 Å². The molecule has 6 nitrogen and oxygen atoms in total. The van der Waals surface area contributed by atoms with E-state index in [9.17, 15) is 17.6 Å². The number of hydrogen-bond acceptors (Lipinski definition) is 5. The van der Waals surface area contributed by atoms with E-state index in [1.807, 2.05) is 0 Å². The molecule has 1 aliphatic rings. The van der Waals surface area contributed by atoms with Gasteiger partial charge in [0.1, 0.15) is 12.4 Å². The van der Waals surface area contributed by atoms with Crippen LogP contribution in [0.25, 0.3) is 0 Å². The van der Waals surface area contributed by atoms with Gasteiger partial charge in [-0.25, -0.2) is 12.8 Å². The molecule has 0 fully saturated rings. The number of nitrogens with two attached hydrogens (primary N) is 1. The van der Waals surface area contributed by atoms with Crippen molar-refractivity contribution in [3.8, 4) is 0 Å². The van der Waals surface area contributed by atoms with E-state index in [0.717, 1.165) is 6.07 Å². The van der Waals surface area contributed by atoms with E-state index >= 15 is 0 Å². The van der Waals surface area contributed by atoms with Crippen LogP contribution in [-0.2, 0) is 19.4 Å². The monoisotopic (exact) mass is 316 g/mol. The summed E-state index contributed by atoms with van der Waals surface area (Å²) in [5.41, 5.74) is 5.38. The number of ether oxygens (including phenoxy) is 1. The zero-order valence-electron chi connectivity index (χ0n) is 11.3. The maximum atomic E-state index is 13.4. The SMILES string of the molecule is NC(=O)COCCNC1CCS(=O)(=O)c2ccc(F)cc21. The second kappa shape index (κ2) is 6.50. The Hall–Kier alpha value is -1.51. The summed E-state index contributed by atoms with van der Waals surface area (Å²) < 4.78 is 42.3. The highest BCUT2D eigenvalue weighted by Gasteiger charge is 2.30. The number of benzene rings is 1. The lowest BCUT2D eigenvalue weighted by molar-refractivity contribution is -0.122. The van der Waals surface area contributed by atoms with Gasteiger partial charge < -0.3 is 15.8 Å². The molecule has 21 heavy (non-hydrogen) atoms. The van der Waals surface area contributed by atoms with Crippen LogP contribution < -0.4 is 11.1 Å². The number of primary amides is 1. The van der Waals surface area contributed by atoms with E-state index in [1.54, 1.807) is 0 Å². The Morgan fingerprint density at radius 3 is 2.95 bits per heavy atom. The lowest BCUT2D eigenvalue weighted by atomic mass is 10.0. The molecular weight excluding hydrogens is 299 g/mol. The van der Waals surface area contributed by atoms with E-state index in [0.29, 0.717) is 18.5 Å². The highest BCUT2D eigenvalue weighted by molar-refractivity contribution is 7.91. The van der Waals surface area contributed by atoms with E-state index in [-0.39, 0.29) is 29.9 Å². The molecular formula is C13H17FN2O4S. The summed E-state index contributed by atoms with van der Waals surface area (Å²) >= 11 is 0. The second-order valence-electron chi connectivity index (χ2n) is 4.82. The molecule has 0 saturated heterocycles. The molecule has 0 aliphatic carbocycles. The molecule has 8 heteroatoms. The number of nitrogens with one attached hydrogen (secondary N) is 1. The molecule has 0 spiro atoms. The van der Waals surface area contributed by atoms with Gasteiger partial charge in [-0.15, -0.1) is 0 Å². The van der Waals surface area contributed by atoms with E-state index < -0.39 is 21.6 Å². The largest absolute Gasteiger partial charge is 0.370 e. The predicted molar refractivity (Wildman–Crippen MR) is 73.8 cm³/mol. The number of carbonyl (C=O) groups excluding carboxylic acids is 1. The Bertz CT molecular complexity index is 633. The van der Waals surface area contributed by atoms with Crippen LogP contribution in [0.1, 0.15) is 18.0 Å². The maximum absolute atomic E-state index is 13.4. The van der Waals surface area contributed by atoms with Crippen molar-refractivity contribution in [2.75, 3.05) is 25.5 Å². The standard InChI is InChI=1S/C13H17FN2O4S/c14-9-1-2-12-10(7-9)11(3-6-21(12,18)19)16-4-5-20-8-13(15)17/h1-2,7,11,16H,3-6,8H2,(H2,15,17). The lowest BCUT2D eigenvalue weighted by Gasteiger charge is -2.26. The van der Waals surface area contributed by atoms with Crippen LogP contribution in [0.15, 0.2) is 23.1 Å². The van der Waals surface area contributed by atoms with Gasteiger partial charge in [0.2, 0.25) is 5.91 Å². The molecule has 1 heterocycles. The van der Waals surface area contributed by atoms with Crippen molar-refractivity contribution < 1.29 is 22.3 Å². The first-order chi connectivity index (χ1) is 9.90. The third-order valence-corrected chi connectivity index (χ3v) is 5.05. The molecule has 0 bridgehead atoms. The Kier molecular flexibility index (Phi) is 4.92. The summed E-state index contributed by atoms with van der Waals surface area (Å²) in [5, 5.41) is 3.11. The average Bonchev–Trinajstić information content (AvgIpc) is 2.40. The quantitative estimate of drug-likeness (QED) is 0.574. The molecule has 0 aromatic heterocycles. The van der Waals surface area contributed by atoms with Crippen molar-refractivity contribution in [1.29, 1.82) is 0 Å². The fourth-order valence-corrected chi connectivity index (χ4v) is 3.91. The smallest absolute Gasteiger partial charge is 0.243 e. The minimum atomic E-state index is -3.34. The highest BCUT2D eigenvalue weighted by atomic mass is 32.2. The van der Waals surface area contributed by atoms with Crippen molar-refractivity contribution in [2.45, 2.75) is 17.4 Å². The van der Waals surface area contributed by atoms with Gasteiger partial charge in [-0.1, -0.05) is 0 Å². The minimum absolute atomic E-state index is 0.0193. The fraction of sp³-hybridized carbons (Fsp3) is 0.462. The Morgan fingerprint density at radius 1 is 1.48 bits per heavy atom. The zero-order valence-corrected chi connectivity index (χ0v) is 12.2. The first-order valence-corrected chi connectivity index (χ1v) is 8.17. The molecule has 1 atom stereocenters. The minimum Gasteiger partial charge on any atom is -0.370 e. The normalized spacial score (nSPS) is 20.0. The van der Waals surface area contributed by atoms with Gasteiger partial charge in [-0.05, 0) is 30.2 Å². The van der Waals surface area contributed by atoms with Crippen LogP contribution in [0.5, 0.6) is 0 Å². The third-order valence-electron chi connectivity index (χ3n) is 3.24. The molecule has 2 rings (SSSR count). The van der Waals surface area contributed by atoms with Crippen molar-refractivity contribution >= 4 is 15.7 Å². The first-order valence-electron chi connectivity index (χ1n) is 6.52. The molecule has 1 aromatic rings. The fourth-order valence-electron chi connectivity index (χ4n) is 2.30. The van der Waals surface area contributed by atoms with Gasteiger partial charge in [0.05, 0.1) is 17.3 Å². The van der Waals surface area contributed by atoms with Gasteiger partial charge in [0.15, 0.2) is 9.84 Å². The van der Waals surface area contributed by atoms with Crippen LogP contribution >= 0.6 is 0 Å². The van der Waals surface area contributed by atoms with Crippen molar-refractivity contribution in [3.63, 3.8) is 0 Å². The molecule has 1 aliphatic heterocycles. The van der Waals surface area contributed by atoms with Gasteiger partial charge >= 0.3 is 0 Å². The molecule has 116 valence electrons.